The predicted molar refractivity (Wildman–Crippen MR) is 75.1 cm³/mol. The molecular weight excluding hydrogens is 264 g/mol. The molecule has 1 fully saturated rings. The molecule has 0 aromatic carbocycles. The molecule has 0 aliphatic heterocycles. The topological polar surface area (TPSA) is 36.9 Å². The Balaban J connectivity index is 2.08. The maximum Gasteiger partial charge on any atom is 0.679 e. The van der Waals surface area contributed by atoms with Crippen LogP contribution in [0.4, 0.5) is 0 Å². The molecule has 0 radical (unpaired) electrons. The average Bonchev–Trinajstić information content (AvgIpc) is 2.95. The van der Waals surface area contributed by atoms with Crippen molar-refractivity contribution >= 4 is 17.8 Å². The summed E-state index contributed by atoms with van der Waals surface area (Å²) >= 11 is 0. The fourth-order valence-corrected chi connectivity index (χ4v) is 6.56. The lowest BCUT2D eigenvalue weighted by atomic mass is 10.0. The SMILES string of the molecule is CO[Si](OC)(OC)OC1CC2([SiH](C)C)C=CC1C2. The smallest absolute Gasteiger partial charge is 0.355 e. The van der Waals surface area contributed by atoms with Crippen LogP contribution in [-0.4, -0.2) is 45.3 Å². The van der Waals surface area contributed by atoms with E-state index in [9.17, 15) is 0 Å². The molecule has 2 rings (SSSR count). The van der Waals surface area contributed by atoms with Crippen molar-refractivity contribution in [3.05, 3.63) is 12.2 Å². The van der Waals surface area contributed by atoms with Gasteiger partial charge in [-0.25, -0.2) is 0 Å². The van der Waals surface area contributed by atoms with E-state index in [-0.39, 0.29) is 6.10 Å². The molecule has 4 nitrogen and oxygen atoms in total. The molecule has 0 heterocycles. The van der Waals surface area contributed by atoms with Crippen molar-refractivity contribution in [3.63, 3.8) is 0 Å². The summed E-state index contributed by atoms with van der Waals surface area (Å²) in [6, 6.07) is 0. The zero-order chi connectivity index (χ0) is 13.4. The summed E-state index contributed by atoms with van der Waals surface area (Å²) in [6.07, 6.45) is 7.29. The molecule has 18 heavy (non-hydrogen) atoms. The standard InChI is InChI=1S/C12H24O4Si2/c1-13-18(14-2,15-3)16-11-9-12(17(4)5)7-6-10(11)8-12/h6-7,10-11,17H,8-9H2,1-5H3. The minimum atomic E-state index is -2.91. The molecule has 0 spiro atoms. The highest BCUT2D eigenvalue weighted by Gasteiger charge is 2.54. The Morgan fingerprint density at radius 1 is 1.11 bits per heavy atom. The summed E-state index contributed by atoms with van der Waals surface area (Å²) in [6.45, 7) is 4.84. The lowest BCUT2D eigenvalue weighted by Crippen LogP contribution is -2.50. The van der Waals surface area contributed by atoms with Crippen molar-refractivity contribution in [1.29, 1.82) is 0 Å². The minimum Gasteiger partial charge on any atom is -0.355 e. The molecule has 3 atom stereocenters. The van der Waals surface area contributed by atoms with Crippen LogP contribution in [0.1, 0.15) is 12.8 Å². The van der Waals surface area contributed by atoms with E-state index < -0.39 is 17.8 Å². The largest absolute Gasteiger partial charge is 0.679 e. The summed E-state index contributed by atoms with van der Waals surface area (Å²) in [5.41, 5.74) is 0. The molecule has 0 amide bonds. The first kappa shape index (κ1) is 14.4. The van der Waals surface area contributed by atoms with Crippen molar-refractivity contribution in [2.24, 2.45) is 5.92 Å². The Labute approximate surface area is 112 Å². The highest BCUT2D eigenvalue weighted by atomic mass is 28.4. The highest BCUT2D eigenvalue weighted by Crippen LogP contribution is 2.57. The molecule has 2 aliphatic carbocycles. The van der Waals surface area contributed by atoms with Crippen LogP contribution in [0, 0.1) is 5.92 Å². The van der Waals surface area contributed by atoms with Crippen LogP contribution >= 0.6 is 0 Å². The molecule has 0 aromatic rings. The van der Waals surface area contributed by atoms with E-state index in [1.165, 1.54) is 6.42 Å². The first-order chi connectivity index (χ1) is 8.51. The van der Waals surface area contributed by atoms with E-state index in [4.69, 9.17) is 17.7 Å². The molecule has 2 bridgehead atoms. The first-order valence-electron chi connectivity index (χ1n) is 6.53. The van der Waals surface area contributed by atoms with Gasteiger partial charge in [0.1, 0.15) is 0 Å². The van der Waals surface area contributed by atoms with Crippen LogP contribution in [0.25, 0.3) is 0 Å². The number of fused-ring (bicyclic) bond motifs is 2. The Kier molecular flexibility index (Phi) is 4.15. The minimum absolute atomic E-state index is 0.191. The zero-order valence-corrected chi connectivity index (χ0v) is 14.1. The normalized spacial score (nSPS) is 34.8. The fourth-order valence-electron chi connectivity index (χ4n) is 3.20. The zero-order valence-electron chi connectivity index (χ0n) is 11.9. The third kappa shape index (κ3) is 2.25. The van der Waals surface area contributed by atoms with E-state index in [1.807, 2.05) is 0 Å². The van der Waals surface area contributed by atoms with Gasteiger partial charge >= 0.3 is 9.05 Å². The van der Waals surface area contributed by atoms with Crippen LogP contribution in [0.2, 0.25) is 18.1 Å². The Hall–Kier alpha value is 0.0138. The third-order valence-electron chi connectivity index (χ3n) is 4.55. The van der Waals surface area contributed by atoms with Crippen molar-refractivity contribution in [1.82, 2.24) is 0 Å². The maximum atomic E-state index is 6.10. The molecule has 0 N–H and O–H groups in total. The van der Waals surface area contributed by atoms with Crippen LogP contribution < -0.4 is 0 Å². The van der Waals surface area contributed by atoms with Gasteiger partial charge in [0.25, 0.3) is 0 Å². The van der Waals surface area contributed by atoms with Gasteiger partial charge in [-0.15, -0.1) is 0 Å². The van der Waals surface area contributed by atoms with Crippen LogP contribution in [0.5, 0.6) is 0 Å². The number of allylic oxidation sites excluding steroid dienone is 1. The van der Waals surface area contributed by atoms with Gasteiger partial charge in [0, 0.05) is 36.0 Å². The number of rotatable bonds is 6. The summed E-state index contributed by atoms with van der Waals surface area (Å²) in [4.78, 5) is 0. The van der Waals surface area contributed by atoms with E-state index in [2.05, 4.69) is 25.2 Å². The second-order valence-electron chi connectivity index (χ2n) is 5.59. The van der Waals surface area contributed by atoms with Crippen molar-refractivity contribution in [2.75, 3.05) is 21.3 Å². The number of hydrogen-bond donors (Lipinski definition) is 0. The van der Waals surface area contributed by atoms with E-state index in [0.29, 0.717) is 11.0 Å². The lowest BCUT2D eigenvalue weighted by Gasteiger charge is -2.32. The summed E-state index contributed by atoms with van der Waals surface area (Å²) in [5, 5.41) is 0.435. The summed E-state index contributed by atoms with van der Waals surface area (Å²) in [7, 11) is 1.15. The van der Waals surface area contributed by atoms with Gasteiger partial charge < -0.3 is 17.7 Å². The molecule has 1 saturated carbocycles. The highest BCUT2D eigenvalue weighted by molar-refractivity contribution is 6.60. The summed E-state index contributed by atoms with van der Waals surface area (Å²) < 4.78 is 22.2. The van der Waals surface area contributed by atoms with E-state index in [0.717, 1.165) is 6.42 Å². The molecule has 3 unspecified atom stereocenters. The second-order valence-corrected chi connectivity index (χ2v) is 11.5. The van der Waals surface area contributed by atoms with Crippen LogP contribution in [-0.2, 0) is 17.7 Å². The molecule has 2 aliphatic rings. The van der Waals surface area contributed by atoms with Gasteiger partial charge in [0.2, 0.25) is 0 Å². The van der Waals surface area contributed by atoms with Gasteiger partial charge in [-0.05, 0) is 17.9 Å². The van der Waals surface area contributed by atoms with Gasteiger partial charge in [-0.2, -0.15) is 0 Å². The van der Waals surface area contributed by atoms with Crippen molar-refractivity contribution in [3.8, 4) is 0 Å². The van der Waals surface area contributed by atoms with Crippen molar-refractivity contribution in [2.45, 2.75) is 37.1 Å². The Morgan fingerprint density at radius 3 is 2.17 bits per heavy atom. The lowest BCUT2D eigenvalue weighted by molar-refractivity contribution is -0.0286. The predicted octanol–water partition coefficient (Wildman–Crippen LogP) is 1.95. The van der Waals surface area contributed by atoms with E-state index in [1.54, 1.807) is 21.3 Å². The number of hydrogen-bond acceptors (Lipinski definition) is 4. The summed E-state index contributed by atoms with van der Waals surface area (Å²) in [5.74, 6) is 0.507. The second kappa shape index (κ2) is 5.18. The third-order valence-corrected chi connectivity index (χ3v) is 9.60. The quantitative estimate of drug-likeness (QED) is 0.553. The Bertz CT molecular complexity index is 322. The molecule has 0 saturated heterocycles. The molecule has 6 heteroatoms. The van der Waals surface area contributed by atoms with Gasteiger partial charge in [0.15, 0.2) is 0 Å². The Morgan fingerprint density at radius 2 is 1.72 bits per heavy atom. The van der Waals surface area contributed by atoms with Crippen molar-refractivity contribution < 1.29 is 17.7 Å². The monoisotopic (exact) mass is 288 g/mol. The van der Waals surface area contributed by atoms with Gasteiger partial charge in [-0.1, -0.05) is 25.2 Å². The molecule has 104 valence electrons. The molecular formula is C12H24O4Si2. The van der Waals surface area contributed by atoms with Crippen LogP contribution in [0.15, 0.2) is 12.2 Å². The molecule has 0 aromatic heterocycles. The fraction of sp³-hybridized carbons (Fsp3) is 0.833. The van der Waals surface area contributed by atoms with E-state index >= 15 is 0 Å². The van der Waals surface area contributed by atoms with Gasteiger partial charge in [0.05, 0.1) is 6.10 Å². The van der Waals surface area contributed by atoms with Crippen LogP contribution in [0.3, 0.4) is 0 Å². The maximum absolute atomic E-state index is 6.10. The first-order valence-corrected chi connectivity index (χ1v) is 11.1. The van der Waals surface area contributed by atoms with Gasteiger partial charge in [-0.3, -0.25) is 0 Å². The average molecular weight is 288 g/mol.